The van der Waals surface area contributed by atoms with Gasteiger partial charge in [-0.1, -0.05) is 57.4 Å². The van der Waals surface area contributed by atoms with Crippen molar-refractivity contribution in [1.29, 1.82) is 0 Å². The first kappa shape index (κ1) is 23.0. The summed E-state index contributed by atoms with van der Waals surface area (Å²) in [7, 11) is 0. The van der Waals surface area contributed by atoms with E-state index in [1.54, 1.807) is 24.3 Å². The van der Waals surface area contributed by atoms with Crippen LogP contribution >= 0.6 is 39.1 Å². The number of fused-ring (bicyclic) bond motifs is 5. The molecular weight excluding hydrogens is 549 g/mol. The van der Waals surface area contributed by atoms with Crippen LogP contribution in [0.5, 0.6) is 5.75 Å². The van der Waals surface area contributed by atoms with E-state index >= 15 is 0 Å². The number of hydrogen-bond acceptors (Lipinski definition) is 6. The summed E-state index contributed by atoms with van der Waals surface area (Å²) < 4.78 is 6.22. The first-order chi connectivity index (χ1) is 16.2. The van der Waals surface area contributed by atoms with Crippen LogP contribution in [-0.2, 0) is 16.2 Å². The predicted molar refractivity (Wildman–Crippen MR) is 129 cm³/mol. The van der Waals surface area contributed by atoms with Gasteiger partial charge in [0.1, 0.15) is 6.61 Å². The SMILES string of the molecule is O=C1[C@@H]2[C@H](C(=O)N1N=Cc1cc(Br)cc([N+](=O)[O-])c1OCc1ccc(Cl)c(Cl)c1)[C@H]1C=C[C@H]2C1. The van der Waals surface area contributed by atoms with E-state index in [2.05, 4.69) is 21.0 Å². The third kappa shape index (κ3) is 3.91. The Bertz CT molecular complexity index is 1270. The van der Waals surface area contributed by atoms with Gasteiger partial charge in [-0.05, 0) is 42.0 Å². The average molecular weight is 565 g/mol. The lowest BCUT2D eigenvalue weighted by molar-refractivity contribution is -0.386. The average Bonchev–Trinajstić information content (AvgIpc) is 3.47. The van der Waals surface area contributed by atoms with Gasteiger partial charge >= 0.3 is 5.69 Å². The number of carbonyl (C=O) groups excluding carboxylic acids is 2. The molecule has 2 amide bonds. The molecule has 0 aromatic heterocycles. The second kappa shape index (κ2) is 8.79. The Hall–Kier alpha value is -2.75. The fourth-order valence-electron chi connectivity index (χ4n) is 4.89. The van der Waals surface area contributed by atoms with Gasteiger partial charge in [0.25, 0.3) is 11.8 Å². The zero-order valence-corrected chi connectivity index (χ0v) is 20.5. The van der Waals surface area contributed by atoms with Crippen molar-refractivity contribution in [3.8, 4) is 5.75 Å². The minimum Gasteiger partial charge on any atom is -0.481 e. The molecular formula is C23H16BrCl2N3O5. The van der Waals surface area contributed by atoms with Crippen LogP contribution in [0.3, 0.4) is 0 Å². The second-order valence-corrected chi connectivity index (χ2v) is 10.1. The number of rotatable bonds is 6. The highest BCUT2D eigenvalue weighted by molar-refractivity contribution is 9.10. The molecule has 0 N–H and O–H groups in total. The lowest BCUT2D eigenvalue weighted by Gasteiger charge is -2.13. The van der Waals surface area contributed by atoms with Crippen LogP contribution in [0.2, 0.25) is 10.0 Å². The van der Waals surface area contributed by atoms with Gasteiger partial charge in [0.15, 0.2) is 0 Å². The zero-order chi connectivity index (χ0) is 24.1. The Kier molecular flexibility index (Phi) is 5.95. The summed E-state index contributed by atoms with van der Waals surface area (Å²) in [4.78, 5) is 36.9. The van der Waals surface area contributed by atoms with Crippen LogP contribution in [-0.4, -0.2) is 28.0 Å². The molecule has 2 aromatic carbocycles. The molecule has 34 heavy (non-hydrogen) atoms. The number of imide groups is 1. The summed E-state index contributed by atoms with van der Waals surface area (Å²) in [6.07, 6.45) is 6.05. The number of nitrogens with zero attached hydrogens (tertiary/aromatic N) is 3. The zero-order valence-electron chi connectivity index (χ0n) is 17.4. The molecule has 2 aliphatic carbocycles. The summed E-state index contributed by atoms with van der Waals surface area (Å²) in [5.74, 6) is -1.39. The summed E-state index contributed by atoms with van der Waals surface area (Å²) in [5.41, 5.74) is 0.587. The van der Waals surface area contributed by atoms with Crippen molar-refractivity contribution in [3.05, 3.63) is 78.2 Å². The Labute approximate surface area is 212 Å². The number of carbonyl (C=O) groups is 2. The molecule has 4 atom stereocenters. The molecule has 0 unspecified atom stereocenters. The summed E-state index contributed by atoms with van der Waals surface area (Å²) in [6, 6.07) is 7.77. The highest BCUT2D eigenvalue weighted by atomic mass is 79.9. The molecule has 1 saturated heterocycles. The van der Waals surface area contributed by atoms with Gasteiger partial charge in [-0.15, -0.1) is 0 Å². The summed E-state index contributed by atoms with van der Waals surface area (Å²) in [6.45, 7) is -0.0268. The molecule has 8 nitrogen and oxygen atoms in total. The molecule has 0 spiro atoms. The fraction of sp³-hybridized carbons (Fsp3) is 0.261. The molecule has 5 rings (SSSR count). The molecule has 3 aliphatic rings. The fourth-order valence-corrected chi connectivity index (χ4v) is 5.68. The molecule has 2 fully saturated rings. The molecule has 1 heterocycles. The van der Waals surface area contributed by atoms with Crippen molar-refractivity contribution in [1.82, 2.24) is 5.01 Å². The number of hydrogen-bond donors (Lipinski definition) is 0. The van der Waals surface area contributed by atoms with Gasteiger partial charge < -0.3 is 4.74 Å². The van der Waals surface area contributed by atoms with Crippen LogP contribution < -0.4 is 4.74 Å². The lowest BCUT2D eigenvalue weighted by Crippen LogP contribution is -2.28. The van der Waals surface area contributed by atoms with Crippen molar-refractivity contribution in [2.75, 3.05) is 0 Å². The smallest absolute Gasteiger partial charge is 0.312 e. The monoisotopic (exact) mass is 563 g/mol. The van der Waals surface area contributed by atoms with Crippen molar-refractivity contribution < 1.29 is 19.2 Å². The van der Waals surface area contributed by atoms with Gasteiger partial charge in [-0.3, -0.25) is 19.7 Å². The topological polar surface area (TPSA) is 102 Å². The summed E-state index contributed by atoms with van der Waals surface area (Å²) in [5, 5.41) is 17.4. The van der Waals surface area contributed by atoms with E-state index in [0.29, 0.717) is 20.1 Å². The van der Waals surface area contributed by atoms with Crippen molar-refractivity contribution in [3.63, 3.8) is 0 Å². The van der Waals surface area contributed by atoms with Crippen LogP contribution in [0.25, 0.3) is 0 Å². The van der Waals surface area contributed by atoms with Crippen molar-refractivity contribution in [2.24, 2.45) is 28.8 Å². The van der Waals surface area contributed by atoms with E-state index in [1.807, 2.05) is 12.2 Å². The van der Waals surface area contributed by atoms with Crippen LogP contribution in [0, 0.1) is 33.8 Å². The number of halogens is 3. The first-order valence-corrected chi connectivity index (χ1v) is 11.9. The number of ether oxygens (including phenoxy) is 1. The predicted octanol–water partition coefficient (Wildman–Crippen LogP) is 5.38. The van der Waals surface area contributed by atoms with Crippen LogP contribution in [0.1, 0.15) is 17.5 Å². The number of hydrazone groups is 1. The highest BCUT2D eigenvalue weighted by Gasteiger charge is 2.59. The minimum atomic E-state index is -0.577. The second-order valence-electron chi connectivity index (χ2n) is 8.37. The van der Waals surface area contributed by atoms with E-state index in [1.165, 1.54) is 12.3 Å². The maximum Gasteiger partial charge on any atom is 0.312 e. The van der Waals surface area contributed by atoms with Crippen LogP contribution in [0.4, 0.5) is 5.69 Å². The van der Waals surface area contributed by atoms with Crippen LogP contribution in [0.15, 0.2) is 52.1 Å². The minimum absolute atomic E-state index is 0.0268. The molecule has 2 aromatic rings. The van der Waals surface area contributed by atoms with E-state index in [0.717, 1.165) is 11.4 Å². The molecule has 1 aliphatic heterocycles. The maximum atomic E-state index is 12.9. The maximum absolute atomic E-state index is 12.9. The Morgan fingerprint density at radius 1 is 1.12 bits per heavy atom. The largest absolute Gasteiger partial charge is 0.481 e. The van der Waals surface area contributed by atoms with Crippen molar-refractivity contribution >= 4 is 62.8 Å². The molecule has 0 radical (unpaired) electrons. The van der Waals surface area contributed by atoms with E-state index in [9.17, 15) is 19.7 Å². The Morgan fingerprint density at radius 3 is 2.41 bits per heavy atom. The molecule has 1 saturated carbocycles. The summed E-state index contributed by atoms with van der Waals surface area (Å²) >= 11 is 15.3. The number of nitro benzene ring substituents is 1. The molecule has 11 heteroatoms. The highest BCUT2D eigenvalue weighted by Crippen LogP contribution is 2.52. The Balaban J connectivity index is 1.44. The standard InChI is InChI=1S/C23H16BrCl2N3O5/c24-15-7-14(9-27-28-22(30)19-12-2-3-13(6-12)20(19)23(28)31)21(18(8-15)29(32)33)34-10-11-1-4-16(25)17(26)5-11/h1-5,7-9,12-13,19-20H,6,10H2/t12-,13-,19-,20+/m0/s1. The molecule has 174 valence electrons. The normalized spacial score (nSPS) is 25.0. The third-order valence-electron chi connectivity index (χ3n) is 6.39. The quantitative estimate of drug-likeness (QED) is 0.154. The van der Waals surface area contributed by atoms with Gasteiger partial charge in [0, 0.05) is 16.1 Å². The number of benzene rings is 2. The Morgan fingerprint density at radius 2 is 1.79 bits per heavy atom. The van der Waals surface area contributed by atoms with Gasteiger partial charge in [0.2, 0.25) is 5.75 Å². The van der Waals surface area contributed by atoms with Gasteiger partial charge in [-0.2, -0.15) is 10.1 Å². The van der Waals surface area contributed by atoms with Gasteiger partial charge in [0.05, 0.1) is 33.0 Å². The lowest BCUT2D eigenvalue weighted by atomic mass is 9.85. The molecule has 2 bridgehead atoms. The van der Waals surface area contributed by atoms with Crippen molar-refractivity contribution in [2.45, 2.75) is 13.0 Å². The number of allylic oxidation sites excluding steroid dienone is 2. The third-order valence-corrected chi connectivity index (χ3v) is 7.58. The van der Waals surface area contributed by atoms with E-state index < -0.39 is 4.92 Å². The number of amides is 2. The number of nitro groups is 1. The first-order valence-electron chi connectivity index (χ1n) is 10.4. The van der Waals surface area contributed by atoms with Gasteiger partial charge in [-0.25, -0.2) is 0 Å². The van der Waals surface area contributed by atoms with E-state index in [-0.39, 0.29) is 59.1 Å². The van der Waals surface area contributed by atoms with E-state index in [4.69, 9.17) is 27.9 Å².